The van der Waals surface area contributed by atoms with Crippen molar-refractivity contribution in [3.05, 3.63) is 81.8 Å². The Kier molecular flexibility index (Phi) is 5.45. The zero-order valence-electron chi connectivity index (χ0n) is 17.9. The van der Waals surface area contributed by atoms with Gasteiger partial charge in [-0.25, -0.2) is 0 Å². The van der Waals surface area contributed by atoms with E-state index >= 15 is 0 Å². The summed E-state index contributed by atoms with van der Waals surface area (Å²) in [6, 6.07) is 7.13. The maximum atomic E-state index is 12.3. The van der Waals surface area contributed by atoms with E-state index in [9.17, 15) is 4.79 Å². The molecular weight excluding hydrogens is 384 g/mol. The number of ketones is 1. The second kappa shape index (κ2) is 8.23. The van der Waals surface area contributed by atoms with Crippen LogP contribution in [-0.2, 0) is 10.2 Å². The van der Waals surface area contributed by atoms with Gasteiger partial charge in [0.25, 0.3) is 0 Å². The number of fused-ring (bicyclic) bond motifs is 4. The standard InChI is InChI=1S/C28H30OS/c1-2-27(29)20-11-14-23-24-15-13-22(30-21-9-5-3-6-10-21)19-26(24)28(25(23)16-12-20)17-7-4-8-18-28/h5,9-15,19H,2-4,6-8,16-18H2,1H3. The highest BCUT2D eigenvalue weighted by atomic mass is 32.2. The molecule has 154 valence electrons. The molecule has 1 aromatic carbocycles. The van der Waals surface area contributed by atoms with E-state index in [2.05, 4.69) is 54.7 Å². The summed E-state index contributed by atoms with van der Waals surface area (Å²) in [5.41, 5.74) is 6.95. The summed E-state index contributed by atoms with van der Waals surface area (Å²) in [7, 11) is 0. The molecule has 0 aromatic heterocycles. The fraction of sp³-hybridized carbons (Fsp3) is 0.393. The fourth-order valence-electron chi connectivity index (χ4n) is 5.69. The summed E-state index contributed by atoms with van der Waals surface area (Å²) in [4.78, 5) is 15.1. The monoisotopic (exact) mass is 414 g/mol. The van der Waals surface area contributed by atoms with Crippen molar-refractivity contribution in [2.75, 3.05) is 0 Å². The van der Waals surface area contributed by atoms with Gasteiger partial charge in [0, 0.05) is 27.2 Å². The van der Waals surface area contributed by atoms with Crippen LogP contribution in [0.2, 0.25) is 0 Å². The molecule has 1 aromatic rings. The first-order valence-electron chi connectivity index (χ1n) is 11.6. The molecule has 30 heavy (non-hydrogen) atoms. The van der Waals surface area contributed by atoms with Crippen LogP contribution in [0.4, 0.5) is 0 Å². The molecule has 0 radical (unpaired) electrons. The van der Waals surface area contributed by atoms with E-state index < -0.39 is 0 Å². The number of thioether (sulfide) groups is 1. The number of benzene rings is 1. The van der Waals surface area contributed by atoms with Crippen LogP contribution >= 0.6 is 11.8 Å². The highest BCUT2D eigenvalue weighted by Gasteiger charge is 2.44. The molecular formula is C28H30OS. The molecule has 1 nitrogen and oxygen atoms in total. The smallest absolute Gasteiger partial charge is 0.162 e. The van der Waals surface area contributed by atoms with E-state index in [1.807, 2.05) is 18.7 Å². The van der Waals surface area contributed by atoms with Crippen LogP contribution in [0.3, 0.4) is 0 Å². The Morgan fingerprint density at radius 2 is 1.90 bits per heavy atom. The highest BCUT2D eigenvalue weighted by Crippen LogP contribution is 2.57. The minimum Gasteiger partial charge on any atom is -0.294 e. The third-order valence-corrected chi connectivity index (χ3v) is 8.23. The van der Waals surface area contributed by atoms with Crippen molar-refractivity contribution in [1.29, 1.82) is 0 Å². The Bertz CT molecular complexity index is 1020. The van der Waals surface area contributed by atoms with E-state index in [4.69, 9.17) is 0 Å². The molecule has 0 bridgehead atoms. The third kappa shape index (κ3) is 3.39. The van der Waals surface area contributed by atoms with Crippen molar-refractivity contribution in [2.45, 2.75) is 75.0 Å². The van der Waals surface area contributed by atoms with Gasteiger partial charge in [0.15, 0.2) is 5.78 Å². The van der Waals surface area contributed by atoms with Crippen LogP contribution in [0, 0.1) is 0 Å². The van der Waals surface area contributed by atoms with Gasteiger partial charge in [-0.2, -0.15) is 0 Å². The number of Topliss-reactive ketones (excluding diaryl/α,β-unsaturated/α-hetero) is 1. The molecule has 0 amide bonds. The van der Waals surface area contributed by atoms with Crippen molar-refractivity contribution in [3.63, 3.8) is 0 Å². The highest BCUT2D eigenvalue weighted by molar-refractivity contribution is 8.03. The molecule has 1 saturated carbocycles. The number of rotatable bonds is 4. The topological polar surface area (TPSA) is 17.1 Å². The molecule has 0 aliphatic heterocycles. The first-order chi connectivity index (χ1) is 14.7. The molecule has 0 saturated heterocycles. The van der Waals surface area contributed by atoms with Crippen molar-refractivity contribution in [3.8, 4) is 0 Å². The normalized spacial score (nSPS) is 21.8. The van der Waals surface area contributed by atoms with Crippen LogP contribution in [-0.4, -0.2) is 5.78 Å². The van der Waals surface area contributed by atoms with E-state index in [0.29, 0.717) is 6.42 Å². The lowest BCUT2D eigenvalue weighted by Crippen LogP contribution is -2.29. The molecule has 0 heterocycles. The van der Waals surface area contributed by atoms with E-state index in [1.54, 1.807) is 11.1 Å². The molecule has 1 fully saturated rings. The van der Waals surface area contributed by atoms with E-state index in [0.717, 1.165) is 24.8 Å². The van der Waals surface area contributed by atoms with Gasteiger partial charge in [-0.3, -0.25) is 4.79 Å². The van der Waals surface area contributed by atoms with Gasteiger partial charge in [0.1, 0.15) is 0 Å². The minimum absolute atomic E-state index is 0.168. The summed E-state index contributed by atoms with van der Waals surface area (Å²) in [6.07, 6.45) is 23.7. The molecule has 0 unspecified atom stereocenters. The first kappa shape index (κ1) is 19.9. The Morgan fingerprint density at radius 1 is 1.03 bits per heavy atom. The summed E-state index contributed by atoms with van der Waals surface area (Å²) in [5, 5.41) is 0. The van der Waals surface area contributed by atoms with Crippen molar-refractivity contribution in [1.82, 2.24) is 0 Å². The van der Waals surface area contributed by atoms with Gasteiger partial charge >= 0.3 is 0 Å². The SMILES string of the molecule is CCC(=O)C1=CCC2=C(C=C1)c1ccc(SC3=CCCC=C3)cc1C21CCCCC1. The van der Waals surface area contributed by atoms with Gasteiger partial charge in [-0.1, -0.05) is 80.5 Å². The van der Waals surface area contributed by atoms with Crippen molar-refractivity contribution < 1.29 is 4.79 Å². The Hall–Kier alpha value is -2.06. The lowest BCUT2D eigenvalue weighted by atomic mass is 9.66. The van der Waals surface area contributed by atoms with Gasteiger partial charge < -0.3 is 0 Å². The van der Waals surface area contributed by atoms with Gasteiger partial charge in [0.05, 0.1) is 0 Å². The van der Waals surface area contributed by atoms with E-state index in [1.165, 1.54) is 53.0 Å². The van der Waals surface area contributed by atoms with Crippen LogP contribution in [0.15, 0.2) is 75.6 Å². The second-order valence-electron chi connectivity index (χ2n) is 8.90. The van der Waals surface area contributed by atoms with Gasteiger partial charge in [-0.15, -0.1) is 0 Å². The summed E-state index contributed by atoms with van der Waals surface area (Å²) in [6.45, 7) is 1.96. The maximum absolute atomic E-state index is 12.3. The van der Waals surface area contributed by atoms with Crippen LogP contribution < -0.4 is 0 Å². The molecule has 0 N–H and O–H groups in total. The average Bonchev–Trinajstić information content (AvgIpc) is 2.92. The predicted octanol–water partition coefficient (Wildman–Crippen LogP) is 7.85. The Morgan fingerprint density at radius 3 is 2.67 bits per heavy atom. The van der Waals surface area contributed by atoms with Gasteiger partial charge in [-0.05, 0) is 66.5 Å². The van der Waals surface area contributed by atoms with Crippen molar-refractivity contribution >= 4 is 23.1 Å². The molecule has 0 atom stereocenters. The number of hydrogen-bond acceptors (Lipinski definition) is 2. The fourth-order valence-corrected chi connectivity index (χ4v) is 6.64. The quantitative estimate of drug-likeness (QED) is 0.499. The number of hydrogen-bond donors (Lipinski definition) is 0. The second-order valence-corrected chi connectivity index (χ2v) is 10.1. The molecule has 5 rings (SSSR count). The molecule has 2 heteroatoms. The lowest BCUT2D eigenvalue weighted by Gasteiger charge is -2.38. The summed E-state index contributed by atoms with van der Waals surface area (Å²) < 4.78 is 0. The molecule has 4 aliphatic rings. The number of carbonyl (C=O) groups excluding carboxylic acids is 1. The van der Waals surface area contributed by atoms with Crippen LogP contribution in [0.1, 0.15) is 75.8 Å². The molecule has 1 spiro atoms. The summed E-state index contributed by atoms with van der Waals surface area (Å²) >= 11 is 1.90. The maximum Gasteiger partial charge on any atom is 0.162 e. The van der Waals surface area contributed by atoms with E-state index in [-0.39, 0.29) is 11.2 Å². The summed E-state index contributed by atoms with van der Waals surface area (Å²) in [5.74, 6) is 0.255. The lowest BCUT2D eigenvalue weighted by molar-refractivity contribution is -0.115. The molecule has 4 aliphatic carbocycles. The average molecular weight is 415 g/mol. The van der Waals surface area contributed by atoms with Crippen LogP contribution in [0.5, 0.6) is 0 Å². The van der Waals surface area contributed by atoms with Crippen LogP contribution in [0.25, 0.3) is 5.57 Å². The predicted molar refractivity (Wildman–Crippen MR) is 128 cm³/mol. The Balaban J connectivity index is 1.55. The number of carbonyl (C=O) groups is 1. The zero-order valence-corrected chi connectivity index (χ0v) is 18.7. The van der Waals surface area contributed by atoms with Crippen molar-refractivity contribution in [2.24, 2.45) is 0 Å². The number of allylic oxidation sites excluding steroid dienone is 9. The largest absolute Gasteiger partial charge is 0.294 e. The Labute approximate surface area is 184 Å². The van der Waals surface area contributed by atoms with Gasteiger partial charge in [0.2, 0.25) is 0 Å². The minimum atomic E-state index is 0.168. The first-order valence-corrected chi connectivity index (χ1v) is 12.4. The zero-order chi connectivity index (χ0) is 20.6. The third-order valence-electron chi connectivity index (χ3n) is 7.20.